The monoisotopic (exact) mass is 383 g/mol. The molecule has 1 aliphatic rings. The van der Waals surface area contributed by atoms with Gasteiger partial charge < -0.3 is 26.6 Å². The maximum Gasteiger partial charge on any atom is 0.407 e. The maximum atomic E-state index is 12.1. The van der Waals surface area contributed by atoms with Gasteiger partial charge in [0.2, 0.25) is 0 Å². The minimum Gasteiger partial charge on any atom is -0.480 e. The summed E-state index contributed by atoms with van der Waals surface area (Å²) in [5.41, 5.74) is 14.4. The fourth-order valence-electron chi connectivity index (χ4n) is 3.63. The number of carboxylic acid groups (broad SMARTS) is 1. The van der Waals surface area contributed by atoms with Gasteiger partial charge in [-0.3, -0.25) is 4.79 Å². The van der Waals surface area contributed by atoms with Gasteiger partial charge in [-0.15, -0.1) is 0 Å². The molecule has 6 N–H and O–H groups in total. The van der Waals surface area contributed by atoms with Crippen LogP contribution in [-0.4, -0.2) is 42.4 Å². The van der Waals surface area contributed by atoms with Gasteiger partial charge in [-0.25, -0.2) is 4.79 Å². The first kappa shape index (κ1) is 19.9. The van der Waals surface area contributed by atoms with Crippen molar-refractivity contribution in [1.82, 2.24) is 5.32 Å². The van der Waals surface area contributed by atoms with Crippen LogP contribution in [0.1, 0.15) is 29.9 Å². The lowest BCUT2D eigenvalue weighted by molar-refractivity contribution is -0.143. The van der Waals surface area contributed by atoms with Crippen LogP contribution in [0, 0.1) is 0 Å². The molecule has 28 heavy (non-hydrogen) atoms. The van der Waals surface area contributed by atoms with Crippen LogP contribution in [0.4, 0.5) is 4.79 Å². The van der Waals surface area contributed by atoms with Crippen LogP contribution >= 0.6 is 0 Å². The van der Waals surface area contributed by atoms with Crippen molar-refractivity contribution in [3.8, 4) is 11.1 Å². The second kappa shape index (κ2) is 8.41. The third-order valence-corrected chi connectivity index (χ3v) is 5.20. The quantitative estimate of drug-likeness (QED) is 0.552. The predicted octanol–water partition coefficient (Wildman–Crippen LogP) is 2.05. The fraction of sp³-hybridized carbons (Fsp3) is 0.333. The number of carbonyl (C=O) groups excluding carboxylic acids is 1. The number of fused-ring (bicyclic) bond motifs is 3. The van der Waals surface area contributed by atoms with Crippen LogP contribution in [0.2, 0.25) is 0 Å². The van der Waals surface area contributed by atoms with E-state index in [0.29, 0.717) is 0 Å². The molecule has 2 aromatic carbocycles. The van der Waals surface area contributed by atoms with Crippen molar-refractivity contribution in [2.45, 2.75) is 24.3 Å². The van der Waals surface area contributed by atoms with E-state index < -0.39 is 17.6 Å². The van der Waals surface area contributed by atoms with Crippen molar-refractivity contribution in [1.29, 1.82) is 0 Å². The highest BCUT2D eigenvalue weighted by molar-refractivity contribution is 5.79. The molecule has 0 aromatic heterocycles. The topological polar surface area (TPSA) is 128 Å². The van der Waals surface area contributed by atoms with Crippen molar-refractivity contribution in [2.75, 3.05) is 19.7 Å². The average Bonchev–Trinajstić information content (AvgIpc) is 3.00. The van der Waals surface area contributed by atoms with E-state index in [2.05, 4.69) is 17.4 Å². The first-order valence-corrected chi connectivity index (χ1v) is 9.27. The number of hydrogen-bond acceptors (Lipinski definition) is 5. The second-order valence-corrected chi connectivity index (χ2v) is 7.00. The van der Waals surface area contributed by atoms with E-state index in [1.807, 2.05) is 36.4 Å². The number of rotatable bonds is 8. The number of carboxylic acids is 1. The summed E-state index contributed by atoms with van der Waals surface area (Å²) in [7, 11) is 0. The molecule has 0 spiro atoms. The summed E-state index contributed by atoms with van der Waals surface area (Å²) in [5.74, 6) is -1.16. The number of benzene rings is 2. The summed E-state index contributed by atoms with van der Waals surface area (Å²) in [6.07, 6.45) is -0.388. The molecule has 0 saturated heterocycles. The lowest BCUT2D eigenvalue weighted by atomic mass is 9.92. The molecule has 3 rings (SSSR count). The molecule has 1 atom stereocenters. The van der Waals surface area contributed by atoms with Crippen molar-refractivity contribution < 1.29 is 19.4 Å². The average molecular weight is 383 g/mol. The molecule has 7 heteroatoms. The molecule has 1 aliphatic carbocycles. The predicted molar refractivity (Wildman–Crippen MR) is 106 cm³/mol. The van der Waals surface area contributed by atoms with Gasteiger partial charge in [-0.05, 0) is 41.6 Å². The minimum atomic E-state index is -1.45. The second-order valence-electron chi connectivity index (χ2n) is 7.00. The zero-order chi connectivity index (χ0) is 20.1. The number of hydrogen-bond donors (Lipinski definition) is 4. The molecular formula is C21H25N3O4. The number of alkyl carbamates (subject to hydrolysis) is 1. The van der Waals surface area contributed by atoms with E-state index >= 15 is 0 Å². The minimum absolute atomic E-state index is 0.0250. The van der Waals surface area contributed by atoms with Gasteiger partial charge in [0.25, 0.3) is 0 Å². The molecule has 0 fully saturated rings. The Morgan fingerprint density at radius 2 is 1.61 bits per heavy atom. The Morgan fingerprint density at radius 1 is 1.04 bits per heavy atom. The molecule has 2 aromatic rings. The summed E-state index contributed by atoms with van der Waals surface area (Å²) in [4.78, 5) is 23.4. The molecular weight excluding hydrogens is 358 g/mol. The number of ether oxygens (including phenoxy) is 1. The molecule has 1 amide bonds. The Balaban J connectivity index is 1.57. The zero-order valence-electron chi connectivity index (χ0n) is 15.6. The van der Waals surface area contributed by atoms with Crippen molar-refractivity contribution >= 4 is 12.1 Å². The molecule has 0 aliphatic heterocycles. The van der Waals surface area contributed by atoms with Gasteiger partial charge in [0.1, 0.15) is 12.1 Å². The van der Waals surface area contributed by atoms with Crippen LogP contribution in [-0.2, 0) is 9.53 Å². The van der Waals surface area contributed by atoms with Crippen LogP contribution in [0.25, 0.3) is 11.1 Å². The Kier molecular flexibility index (Phi) is 5.96. The zero-order valence-corrected chi connectivity index (χ0v) is 15.6. The van der Waals surface area contributed by atoms with E-state index in [1.165, 1.54) is 0 Å². The number of nitrogens with two attached hydrogens (primary N) is 2. The molecule has 148 valence electrons. The highest BCUT2D eigenvalue weighted by atomic mass is 16.5. The molecule has 0 heterocycles. The highest BCUT2D eigenvalue weighted by Crippen LogP contribution is 2.44. The largest absolute Gasteiger partial charge is 0.480 e. The lowest BCUT2D eigenvalue weighted by Gasteiger charge is -2.24. The van der Waals surface area contributed by atoms with E-state index in [1.54, 1.807) is 0 Å². The molecule has 0 radical (unpaired) electrons. The smallest absolute Gasteiger partial charge is 0.407 e. The summed E-state index contributed by atoms with van der Waals surface area (Å²) < 4.78 is 5.41. The first-order valence-electron chi connectivity index (χ1n) is 9.27. The molecule has 7 nitrogen and oxygen atoms in total. The molecule has 0 bridgehead atoms. The van der Waals surface area contributed by atoms with Crippen LogP contribution < -0.4 is 16.8 Å². The summed E-state index contributed by atoms with van der Waals surface area (Å²) >= 11 is 0. The van der Waals surface area contributed by atoms with E-state index in [4.69, 9.17) is 16.2 Å². The van der Waals surface area contributed by atoms with Crippen LogP contribution in [0.15, 0.2) is 48.5 Å². The number of nitrogens with one attached hydrogen (secondary N) is 1. The summed E-state index contributed by atoms with van der Waals surface area (Å²) in [6.45, 7) is 0.461. The van der Waals surface area contributed by atoms with Gasteiger partial charge in [0.05, 0.1) is 0 Å². The van der Waals surface area contributed by atoms with Gasteiger partial charge in [0, 0.05) is 12.5 Å². The Morgan fingerprint density at radius 3 is 2.14 bits per heavy atom. The van der Waals surface area contributed by atoms with Crippen LogP contribution in [0.5, 0.6) is 0 Å². The highest BCUT2D eigenvalue weighted by Gasteiger charge is 2.33. The molecule has 0 saturated carbocycles. The standard InChI is InChI=1S/C21H25N3O4/c22-11-9-21(23,19(25)26)10-12-24-20(27)28-13-18-16-7-3-1-5-14(16)15-6-2-4-8-17(15)18/h1-8,18H,9-13,22-23H2,(H,24,27)(H,25,26)/t21-/m0/s1. The fourth-order valence-corrected chi connectivity index (χ4v) is 3.63. The van der Waals surface area contributed by atoms with Gasteiger partial charge >= 0.3 is 12.1 Å². The van der Waals surface area contributed by atoms with Crippen LogP contribution in [0.3, 0.4) is 0 Å². The summed E-state index contributed by atoms with van der Waals surface area (Å²) in [6, 6.07) is 16.2. The van der Waals surface area contributed by atoms with Gasteiger partial charge in [-0.2, -0.15) is 0 Å². The maximum absolute atomic E-state index is 12.1. The summed E-state index contributed by atoms with van der Waals surface area (Å²) in [5, 5.41) is 11.8. The third kappa shape index (κ3) is 4.00. The Hall–Kier alpha value is -2.90. The van der Waals surface area contributed by atoms with E-state index in [0.717, 1.165) is 22.3 Å². The van der Waals surface area contributed by atoms with Gasteiger partial charge in [-0.1, -0.05) is 48.5 Å². The number of amides is 1. The van der Waals surface area contributed by atoms with E-state index in [9.17, 15) is 14.7 Å². The normalized spacial score (nSPS) is 14.6. The Bertz CT molecular complexity index is 825. The third-order valence-electron chi connectivity index (χ3n) is 5.20. The lowest BCUT2D eigenvalue weighted by Crippen LogP contribution is -2.51. The van der Waals surface area contributed by atoms with Crippen molar-refractivity contribution in [2.24, 2.45) is 11.5 Å². The van der Waals surface area contributed by atoms with Gasteiger partial charge in [0.15, 0.2) is 0 Å². The van der Waals surface area contributed by atoms with Crippen molar-refractivity contribution in [3.63, 3.8) is 0 Å². The Labute approximate surface area is 163 Å². The molecule has 0 unspecified atom stereocenters. The van der Waals surface area contributed by atoms with Crippen molar-refractivity contribution in [3.05, 3.63) is 59.7 Å². The van der Waals surface area contributed by atoms with E-state index in [-0.39, 0.29) is 38.5 Å². The SMILES string of the molecule is NCC[C@](N)(CCNC(=O)OCC1c2ccccc2-c2ccccc21)C(=O)O. The number of carbonyl (C=O) groups is 2. The number of aliphatic carboxylic acids is 1. The first-order chi connectivity index (χ1) is 13.5.